The number of hydrogen-bond donors (Lipinski definition) is 0. The normalized spacial score (nSPS) is 12.1. The monoisotopic (exact) mass is 268 g/mol. The molecule has 110 valence electrons. The molecule has 0 radical (unpaired) electrons. The maximum absolute atomic E-state index is 11.7. The molecule has 3 heteroatoms. The highest BCUT2D eigenvalue weighted by Gasteiger charge is 2.12. The smallest absolute Gasteiger partial charge is 0.132 e. The summed E-state index contributed by atoms with van der Waals surface area (Å²) in [7, 11) is 0. The van der Waals surface area contributed by atoms with Gasteiger partial charge in [-0.1, -0.05) is 26.7 Å². The van der Waals surface area contributed by atoms with E-state index in [2.05, 4.69) is 6.92 Å². The number of aldehydes is 1. The average Bonchev–Trinajstić information content (AvgIpc) is 2.41. The summed E-state index contributed by atoms with van der Waals surface area (Å²) in [5.74, 6) is 0.736. The topological polar surface area (TPSA) is 51.2 Å². The zero-order valence-corrected chi connectivity index (χ0v) is 12.5. The Bertz CT molecular complexity index is 271. The van der Waals surface area contributed by atoms with E-state index < -0.39 is 0 Å². The highest BCUT2D eigenvalue weighted by Crippen LogP contribution is 2.18. The van der Waals surface area contributed by atoms with Crippen molar-refractivity contribution >= 4 is 17.9 Å². The molecule has 0 aromatic rings. The Morgan fingerprint density at radius 2 is 1.58 bits per heavy atom. The second-order valence-electron chi connectivity index (χ2n) is 5.23. The minimum Gasteiger partial charge on any atom is -0.303 e. The van der Waals surface area contributed by atoms with Crippen molar-refractivity contribution in [3.63, 3.8) is 0 Å². The van der Waals surface area contributed by atoms with Gasteiger partial charge in [-0.15, -0.1) is 0 Å². The van der Waals surface area contributed by atoms with Gasteiger partial charge in [-0.2, -0.15) is 0 Å². The molecule has 0 saturated carbocycles. The maximum atomic E-state index is 11.7. The molecule has 0 aromatic heterocycles. The molecule has 0 amide bonds. The summed E-state index contributed by atoms with van der Waals surface area (Å²) in [4.78, 5) is 33.6. The second kappa shape index (κ2) is 12.1. The minimum atomic E-state index is 0.197. The lowest BCUT2D eigenvalue weighted by Gasteiger charge is -2.12. The first-order valence-corrected chi connectivity index (χ1v) is 7.61. The van der Waals surface area contributed by atoms with Crippen molar-refractivity contribution in [3.05, 3.63) is 0 Å². The third kappa shape index (κ3) is 10.6. The molecule has 1 unspecified atom stereocenters. The summed E-state index contributed by atoms with van der Waals surface area (Å²) in [6.07, 6.45) is 8.40. The van der Waals surface area contributed by atoms with E-state index in [0.29, 0.717) is 37.9 Å². The Balaban J connectivity index is 3.89. The number of carbonyl (C=O) groups excluding carboxylic acids is 3. The van der Waals surface area contributed by atoms with Crippen LogP contribution in [0.15, 0.2) is 0 Å². The number of Topliss-reactive ketones (excluding diaryl/α,β-unsaturated/α-hetero) is 2. The van der Waals surface area contributed by atoms with Crippen molar-refractivity contribution in [3.8, 4) is 0 Å². The predicted octanol–water partition coefficient (Wildman–Crippen LogP) is 3.88. The van der Waals surface area contributed by atoms with E-state index in [1.807, 2.05) is 6.92 Å². The lowest BCUT2D eigenvalue weighted by Crippen LogP contribution is -2.08. The quantitative estimate of drug-likeness (QED) is 0.376. The van der Waals surface area contributed by atoms with Gasteiger partial charge in [0.25, 0.3) is 0 Å². The molecule has 0 bridgehead atoms. The molecule has 0 aliphatic rings. The van der Waals surface area contributed by atoms with Gasteiger partial charge >= 0.3 is 0 Å². The highest BCUT2D eigenvalue weighted by molar-refractivity contribution is 5.78. The third-order valence-corrected chi connectivity index (χ3v) is 3.55. The first-order chi connectivity index (χ1) is 9.13. The molecule has 0 aliphatic carbocycles. The van der Waals surface area contributed by atoms with Crippen LogP contribution in [0, 0.1) is 5.92 Å². The van der Waals surface area contributed by atoms with Gasteiger partial charge in [-0.25, -0.2) is 0 Å². The van der Waals surface area contributed by atoms with Gasteiger partial charge < -0.3 is 4.79 Å². The van der Waals surface area contributed by atoms with Gasteiger partial charge in [-0.05, 0) is 25.2 Å². The molecule has 19 heavy (non-hydrogen) atoms. The molecular weight excluding hydrogens is 240 g/mol. The van der Waals surface area contributed by atoms with Crippen molar-refractivity contribution in [2.75, 3.05) is 0 Å². The van der Waals surface area contributed by atoms with Crippen LogP contribution in [0.1, 0.15) is 78.1 Å². The molecule has 1 atom stereocenters. The van der Waals surface area contributed by atoms with Gasteiger partial charge in [-0.3, -0.25) is 9.59 Å². The van der Waals surface area contributed by atoms with E-state index in [-0.39, 0.29) is 11.7 Å². The first kappa shape index (κ1) is 18.0. The summed E-state index contributed by atoms with van der Waals surface area (Å²) < 4.78 is 0. The van der Waals surface area contributed by atoms with Crippen LogP contribution in [0.2, 0.25) is 0 Å². The Kier molecular flexibility index (Phi) is 11.4. The van der Waals surface area contributed by atoms with Crippen molar-refractivity contribution in [1.29, 1.82) is 0 Å². The summed E-state index contributed by atoms with van der Waals surface area (Å²) >= 11 is 0. The van der Waals surface area contributed by atoms with E-state index >= 15 is 0 Å². The van der Waals surface area contributed by atoms with Crippen molar-refractivity contribution in [2.24, 2.45) is 5.92 Å². The minimum absolute atomic E-state index is 0.197. The summed E-state index contributed by atoms with van der Waals surface area (Å²) in [5, 5.41) is 0. The van der Waals surface area contributed by atoms with E-state index in [0.717, 1.165) is 38.4 Å². The predicted molar refractivity (Wildman–Crippen MR) is 77.1 cm³/mol. The molecule has 0 fully saturated rings. The highest BCUT2D eigenvalue weighted by atomic mass is 16.1. The number of hydrogen-bond acceptors (Lipinski definition) is 3. The summed E-state index contributed by atoms with van der Waals surface area (Å²) in [5.41, 5.74) is 0. The Hall–Kier alpha value is -0.990. The molecule has 3 nitrogen and oxygen atoms in total. The van der Waals surface area contributed by atoms with Crippen LogP contribution in [0.3, 0.4) is 0 Å². The van der Waals surface area contributed by atoms with E-state index in [1.165, 1.54) is 0 Å². The molecule has 0 N–H and O–H groups in total. The van der Waals surface area contributed by atoms with Crippen LogP contribution in [0.25, 0.3) is 0 Å². The summed E-state index contributed by atoms with van der Waals surface area (Å²) in [6, 6.07) is 0. The molecular formula is C16H28O3. The Morgan fingerprint density at radius 1 is 0.947 bits per heavy atom. The lowest BCUT2D eigenvalue weighted by atomic mass is 9.91. The fourth-order valence-corrected chi connectivity index (χ4v) is 2.12. The largest absolute Gasteiger partial charge is 0.303 e. The van der Waals surface area contributed by atoms with Gasteiger partial charge in [0.15, 0.2) is 0 Å². The molecule has 0 aromatic carbocycles. The van der Waals surface area contributed by atoms with Gasteiger partial charge in [0, 0.05) is 32.1 Å². The number of rotatable bonds is 13. The van der Waals surface area contributed by atoms with Crippen LogP contribution in [-0.4, -0.2) is 17.9 Å². The summed E-state index contributed by atoms with van der Waals surface area (Å²) in [6.45, 7) is 3.98. The SMILES string of the molecule is CCCCCC(=O)CCC(CC=O)CCC(=O)CC. The van der Waals surface area contributed by atoms with Gasteiger partial charge in [0.05, 0.1) is 0 Å². The number of ketones is 2. The number of carbonyl (C=O) groups is 3. The lowest BCUT2D eigenvalue weighted by molar-refractivity contribution is -0.119. The molecule has 0 spiro atoms. The third-order valence-electron chi connectivity index (χ3n) is 3.55. The molecule has 0 rings (SSSR count). The van der Waals surface area contributed by atoms with Gasteiger partial charge in [0.2, 0.25) is 0 Å². The van der Waals surface area contributed by atoms with Crippen molar-refractivity contribution in [2.45, 2.75) is 78.1 Å². The Morgan fingerprint density at radius 3 is 2.11 bits per heavy atom. The first-order valence-electron chi connectivity index (χ1n) is 7.61. The standard InChI is InChI=1S/C16H28O3/c1-3-5-6-7-16(19)11-9-14(12-13-17)8-10-15(18)4-2/h13-14H,3-12H2,1-2H3. The van der Waals surface area contributed by atoms with Crippen LogP contribution in [0.5, 0.6) is 0 Å². The van der Waals surface area contributed by atoms with Crippen LogP contribution < -0.4 is 0 Å². The molecule has 0 heterocycles. The zero-order valence-electron chi connectivity index (χ0n) is 12.5. The van der Waals surface area contributed by atoms with Crippen molar-refractivity contribution in [1.82, 2.24) is 0 Å². The van der Waals surface area contributed by atoms with Crippen LogP contribution in [0.4, 0.5) is 0 Å². The fraction of sp³-hybridized carbons (Fsp3) is 0.812. The van der Waals surface area contributed by atoms with Crippen LogP contribution in [-0.2, 0) is 14.4 Å². The van der Waals surface area contributed by atoms with Gasteiger partial charge in [0.1, 0.15) is 17.9 Å². The number of unbranched alkanes of at least 4 members (excludes halogenated alkanes) is 2. The zero-order chi connectivity index (χ0) is 14.5. The van der Waals surface area contributed by atoms with E-state index in [9.17, 15) is 14.4 Å². The molecule has 0 aliphatic heterocycles. The maximum Gasteiger partial charge on any atom is 0.132 e. The second-order valence-corrected chi connectivity index (χ2v) is 5.23. The van der Waals surface area contributed by atoms with Crippen LogP contribution >= 0.6 is 0 Å². The molecule has 0 saturated heterocycles. The Labute approximate surface area is 117 Å². The van der Waals surface area contributed by atoms with E-state index in [4.69, 9.17) is 0 Å². The van der Waals surface area contributed by atoms with Crippen molar-refractivity contribution < 1.29 is 14.4 Å². The van der Waals surface area contributed by atoms with E-state index in [1.54, 1.807) is 0 Å². The average molecular weight is 268 g/mol. The fourth-order valence-electron chi connectivity index (χ4n) is 2.12.